The molecular weight excluding hydrogens is 215 g/mol. The molecule has 1 saturated heterocycles. The zero-order valence-electron chi connectivity index (χ0n) is 9.98. The first-order chi connectivity index (χ1) is 7.22. The van der Waals surface area contributed by atoms with Gasteiger partial charge in [0.05, 0.1) is 12.2 Å². The Morgan fingerprint density at radius 3 is 2.38 bits per heavy atom. The Kier molecular flexibility index (Phi) is 3.72. The van der Waals surface area contributed by atoms with Crippen LogP contribution in [0.5, 0.6) is 0 Å². The summed E-state index contributed by atoms with van der Waals surface area (Å²) >= 11 is 0. The van der Waals surface area contributed by atoms with Gasteiger partial charge >= 0.3 is 0 Å². The van der Waals surface area contributed by atoms with E-state index in [1.807, 2.05) is 0 Å². The minimum absolute atomic E-state index is 0.136. The Morgan fingerprint density at radius 1 is 1.50 bits per heavy atom. The topological polar surface area (TPSA) is 66.8 Å². The SMILES string of the molecule is CC(=O)C1(O)C(C)OC(C(C)C)C(F)C1O. The Bertz CT molecular complexity index is 281. The van der Waals surface area contributed by atoms with Gasteiger partial charge in [0.15, 0.2) is 17.6 Å². The van der Waals surface area contributed by atoms with Crippen molar-refractivity contribution in [3.63, 3.8) is 0 Å². The second-order valence-electron chi connectivity index (χ2n) is 4.76. The fourth-order valence-corrected chi connectivity index (χ4v) is 2.10. The van der Waals surface area contributed by atoms with Gasteiger partial charge in [-0.05, 0) is 19.8 Å². The van der Waals surface area contributed by atoms with Crippen molar-refractivity contribution < 1.29 is 24.1 Å². The predicted octanol–water partition coefficient (Wildman–Crippen LogP) is 0.449. The van der Waals surface area contributed by atoms with Crippen LogP contribution in [0.15, 0.2) is 0 Å². The van der Waals surface area contributed by atoms with Crippen molar-refractivity contribution >= 4 is 5.78 Å². The van der Waals surface area contributed by atoms with E-state index in [9.17, 15) is 19.4 Å². The fourth-order valence-electron chi connectivity index (χ4n) is 2.10. The number of ketones is 1. The van der Waals surface area contributed by atoms with Crippen LogP contribution in [0.4, 0.5) is 4.39 Å². The summed E-state index contributed by atoms with van der Waals surface area (Å²) < 4.78 is 19.1. The van der Waals surface area contributed by atoms with Gasteiger partial charge < -0.3 is 14.9 Å². The van der Waals surface area contributed by atoms with Gasteiger partial charge in [0, 0.05) is 0 Å². The lowest BCUT2D eigenvalue weighted by molar-refractivity contribution is -0.248. The molecule has 1 rings (SSSR count). The van der Waals surface area contributed by atoms with Crippen molar-refractivity contribution in [1.82, 2.24) is 0 Å². The Balaban J connectivity index is 3.01. The second kappa shape index (κ2) is 4.39. The molecule has 94 valence electrons. The molecule has 5 unspecified atom stereocenters. The maximum atomic E-state index is 13.8. The van der Waals surface area contributed by atoms with Crippen LogP contribution in [-0.2, 0) is 9.53 Å². The first-order valence-electron chi connectivity index (χ1n) is 5.43. The summed E-state index contributed by atoms with van der Waals surface area (Å²) in [5.74, 6) is -0.819. The van der Waals surface area contributed by atoms with Gasteiger partial charge in [0.1, 0.15) is 6.10 Å². The minimum atomic E-state index is -2.15. The smallest absolute Gasteiger partial charge is 0.177 e. The molecule has 0 aliphatic carbocycles. The minimum Gasteiger partial charge on any atom is -0.386 e. The van der Waals surface area contributed by atoms with Crippen molar-refractivity contribution in [1.29, 1.82) is 0 Å². The number of rotatable bonds is 2. The lowest BCUT2D eigenvalue weighted by Crippen LogP contribution is -2.67. The van der Waals surface area contributed by atoms with Crippen LogP contribution in [0, 0.1) is 5.92 Å². The van der Waals surface area contributed by atoms with Gasteiger partial charge in [0.25, 0.3) is 0 Å². The van der Waals surface area contributed by atoms with Gasteiger partial charge in [0.2, 0.25) is 0 Å². The normalized spacial score (nSPS) is 44.8. The molecule has 0 saturated carbocycles. The van der Waals surface area contributed by atoms with Gasteiger partial charge in [-0.2, -0.15) is 0 Å². The third kappa shape index (κ3) is 1.87. The molecule has 0 aromatic carbocycles. The standard InChI is InChI=1S/C11H19FO4/c1-5(2)9-8(12)10(14)11(15,6(3)13)7(4)16-9/h5,7-10,14-15H,1-4H3. The number of carbonyl (C=O) groups is 1. The quantitative estimate of drug-likeness (QED) is 0.728. The number of aliphatic hydroxyl groups excluding tert-OH is 1. The van der Waals surface area contributed by atoms with E-state index in [0.717, 1.165) is 6.92 Å². The van der Waals surface area contributed by atoms with E-state index < -0.39 is 35.9 Å². The number of ether oxygens (including phenoxy) is 1. The monoisotopic (exact) mass is 234 g/mol. The van der Waals surface area contributed by atoms with Crippen LogP contribution in [-0.4, -0.2) is 46.1 Å². The zero-order valence-corrected chi connectivity index (χ0v) is 9.98. The van der Waals surface area contributed by atoms with Gasteiger partial charge in [-0.1, -0.05) is 13.8 Å². The number of carbonyl (C=O) groups excluding carboxylic acids is 1. The number of hydrogen-bond acceptors (Lipinski definition) is 4. The molecule has 0 aromatic rings. The summed E-state index contributed by atoms with van der Waals surface area (Å²) in [7, 11) is 0. The molecule has 5 heteroatoms. The lowest BCUT2D eigenvalue weighted by Gasteiger charge is -2.46. The average Bonchev–Trinajstić information content (AvgIpc) is 2.19. The third-order valence-electron chi connectivity index (χ3n) is 3.27. The summed E-state index contributed by atoms with van der Waals surface area (Å²) in [6.07, 6.45) is -5.21. The molecule has 1 aliphatic rings. The van der Waals surface area contributed by atoms with Crippen molar-refractivity contribution in [2.24, 2.45) is 5.92 Å². The van der Waals surface area contributed by atoms with Crippen LogP contribution >= 0.6 is 0 Å². The first-order valence-corrected chi connectivity index (χ1v) is 5.43. The van der Waals surface area contributed by atoms with E-state index >= 15 is 0 Å². The largest absolute Gasteiger partial charge is 0.386 e. The van der Waals surface area contributed by atoms with E-state index in [2.05, 4.69) is 0 Å². The maximum absolute atomic E-state index is 13.8. The molecule has 0 bridgehead atoms. The number of alkyl halides is 1. The third-order valence-corrected chi connectivity index (χ3v) is 3.27. The molecule has 0 aromatic heterocycles. The van der Waals surface area contributed by atoms with Crippen LogP contribution in [0.2, 0.25) is 0 Å². The summed E-state index contributed by atoms with van der Waals surface area (Å²) in [6.45, 7) is 6.10. The highest BCUT2D eigenvalue weighted by atomic mass is 19.1. The van der Waals surface area contributed by atoms with Crippen LogP contribution in [0.1, 0.15) is 27.7 Å². The highest BCUT2D eigenvalue weighted by Gasteiger charge is 2.57. The van der Waals surface area contributed by atoms with Crippen LogP contribution in [0.3, 0.4) is 0 Å². The van der Waals surface area contributed by atoms with E-state index in [-0.39, 0.29) is 5.92 Å². The van der Waals surface area contributed by atoms with Crippen molar-refractivity contribution in [2.75, 3.05) is 0 Å². The molecule has 1 heterocycles. The fraction of sp³-hybridized carbons (Fsp3) is 0.909. The van der Waals surface area contributed by atoms with Gasteiger partial charge in [-0.25, -0.2) is 4.39 Å². The number of hydrogen-bond donors (Lipinski definition) is 2. The van der Waals surface area contributed by atoms with E-state index in [1.54, 1.807) is 13.8 Å². The highest BCUT2D eigenvalue weighted by Crippen LogP contribution is 2.34. The van der Waals surface area contributed by atoms with Crippen molar-refractivity contribution in [3.05, 3.63) is 0 Å². The predicted molar refractivity (Wildman–Crippen MR) is 55.7 cm³/mol. The molecular formula is C11H19FO4. The van der Waals surface area contributed by atoms with Crippen molar-refractivity contribution in [3.8, 4) is 0 Å². The van der Waals surface area contributed by atoms with Gasteiger partial charge in [-0.3, -0.25) is 4.79 Å². The molecule has 0 amide bonds. The molecule has 16 heavy (non-hydrogen) atoms. The Labute approximate surface area is 94.4 Å². The highest BCUT2D eigenvalue weighted by molar-refractivity contribution is 5.86. The summed E-state index contributed by atoms with van der Waals surface area (Å²) in [5.41, 5.74) is -2.15. The Morgan fingerprint density at radius 2 is 2.00 bits per heavy atom. The zero-order chi connectivity index (χ0) is 12.7. The van der Waals surface area contributed by atoms with Crippen LogP contribution < -0.4 is 0 Å². The molecule has 5 atom stereocenters. The molecule has 1 fully saturated rings. The lowest BCUT2D eigenvalue weighted by atomic mass is 9.79. The summed E-state index contributed by atoms with van der Waals surface area (Å²) in [6, 6.07) is 0. The van der Waals surface area contributed by atoms with Crippen molar-refractivity contribution in [2.45, 2.75) is 57.8 Å². The molecule has 1 aliphatic heterocycles. The van der Waals surface area contributed by atoms with Gasteiger partial charge in [-0.15, -0.1) is 0 Å². The molecule has 2 N–H and O–H groups in total. The summed E-state index contributed by atoms with van der Waals surface area (Å²) in [5, 5.41) is 19.7. The van der Waals surface area contributed by atoms with Crippen LogP contribution in [0.25, 0.3) is 0 Å². The maximum Gasteiger partial charge on any atom is 0.177 e. The Hall–Kier alpha value is -0.520. The van der Waals surface area contributed by atoms with E-state index in [1.165, 1.54) is 6.92 Å². The first kappa shape index (κ1) is 13.5. The molecule has 0 radical (unpaired) electrons. The number of aliphatic hydroxyl groups is 2. The molecule has 0 spiro atoms. The second-order valence-corrected chi connectivity index (χ2v) is 4.76. The average molecular weight is 234 g/mol. The number of Topliss-reactive ketones (excluding diaryl/α,β-unsaturated/α-hetero) is 1. The summed E-state index contributed by atoms with van der Waals surface area (Å²) in [4.78, 5) is 11.3. The van der Waals surface area contributed by atoms with E-state index in [0.29, 0.717) is 0 Å². The number of halogens is 1. The molecule has 4 nitrogen and oxygen atoms in total. The van der Waals surface area contributed by atoms with E-state index in [4.69, 9.17) is 4.74 Å².